The van der Waals surface area contributed by atoms with Crippen LogP contribution in [0.5, 0.6) is 0 Å². The first-order chi connectivity index (χ1) is 14.2. The van der Waals surface area contributed by atoms with Gasteiger partial charge in [0.05, 0.1) is 16.1 Å². The van der Waals surface area contributed by atoms with Gasteiger partial charge >= 0.3 is 0 Å². The summed E-state index contributed by atoms with van der Waals surface area (Å²) in [6, 6.07) is 19.1. The summed E-state index contributed by atoms with van der Waals surface area (Å²) in [6.45, 7) is 8.00. The zero-order chi connectivity index (χ0) is 21.9. The van der Waals surface area contributed by atoms with Crippen LogP contribution in [0.1, 0.15) is 46.8 Å². The number of amides is 1. The maximum absolute atomic E-state index is 12.9. The van der Waals surface area contributed by atoms with Crippen molar-refractivity contribution in [2.75, 3.05) is 10.0 Å². The van der Waals surface area contributed by atoms with E-state index >= 15 is 0 Å². The Morgan fingerprint density at radius 2 is 1.47 bits per heavy atom. The largest absolute Gasteiger partial charge is 0.322 e. The van der Waals surface area contributed by atoms with E-state index in [2.05, 4.69) is 10.0 Å². The molecule has 2 N–H and O–H groups in total. The smallest absolute Gasteiger partial charge is 0.261 e. The third kappa shape index (κ3) is 5.07. The number of benzene rings is 3. The maximum Gasteiger partial charge on any atom is 0.261 e. The van der Waals surface area contributed by atoms with Crippen LogP contribution in [0, 0.1) is 13.8 Å². The van der Waals surface area contributed by atoms with Gasteiger partial charge in [0.15, 0.2) is 0 Å². The Bertz CT molecular complexity index is 1150. The molecule has 0 fully saturated rings. The zero-order valence-electron chi connectivity index (χ0n) is 17.6. The van der Waals surface area contributed by atoms with Crippen molar-refractivity contribution >= 4 is 27.3 Å². The first-order valence-electron chi connectivity index (χ1n) is 9.77. The van der Waals surface area contributed by atoms with Gasteiger partial charge in [0.25, 0.3) is 15.9 Å². The molecule has 156 valence electrons. The van der Waals surface area contributed by atoms with Crippen molar-refractivity contribution in [2.24, 2.45) is 0 Å². The van der Waals surface area contributed by atoms with E-state index in [-0.39, 0.29) is 22.1 Å². The second kappa shape index (κ2) is 8.71. The van der Waals surface area contributed by atoms with Crippen molar-refractivity contribution in [2.45, 2.75) is 38.5 Å². The van der Waals surface area contributed by atoms with Crippen molar-refractivity contribution in [1.82, 2.24) is 0 Å². The fraction of sp³-hybridized carbons (Fsp3) is 0.208. The number of para-hydroxylation sites is 1. The Hall–Kier alpha value is -3.12. The lowest BCUT2D eigenvalue weighted by molar-refractivity contribution is 0.102. The molecule has 0 unspecified atom stereocenters. The second-order valence-electron chi connectivity index (χ2n) is 7.71. The van der Waals surface area contributed by atoms with Crippen molar-refractivity contribution in [1.29, 1.82) is 0 Å². The highest BCUT2D eigenvalue weighted by Gasteiger charge is 2.19. The van der Waals surface area contributed by atoms with Crippen LogP contribution in [0.4, 0.5) is 11.4 Å². The minimum absolute atomic E-state index is 0.149. The summed E-state index contributed by atoms with van der Waals surface area (Å²) in [5.41, 5.74) is 4.27. The Morgan fingerprint density at radius 3 is 2.07 bits per heavy atom. The van der Waals surface area contributed by atoms with E-state index in [0.717, 1.165) is 16.7 Å². The van der Waals surface area contributed by atoms with E-state index in [0.29, 0.717) is 11.6 Å². The monoisotopic (exact) mass is 422 g/mol. The molecular formula is C24H26N2O3S. The lowest BCUT2D eigenvalue weighted by Crippen LogP contribution is -2.18. The molecule has 0 radical (unpaired) electrons. The van der Waals surface area contributed by atoms with Crippen molar-refractivity contribution in [3.63, 3.8) is 0 Å². The van der Waals surface area contributed by atoms with Gasteiger partial charge in [-0.25, -0.2) is 8.42 Å². The van der Waals surface area contributed by atoms with Crippen LogP contribution in [-0.2, 0) is 10.0 Å². The number of sulfonamides is 1. The second-order valence-corrected chi connectivity index (χ2v) is 9.39. The average molecular weight is 423 g/mol. The van der Waals surface area contributed by atoms with E-state index in [1.165, 1.54) is 0 Å². The van der Waals surface area contributed by atoms with Crippen molar-refractivity contribution < 1.29 is 13.2 Å². The molecule has 0 spiro atoms. The van der Waals surface area contributed by atoms with E-state index in [9.17, 15) is 13.2 Å². The first kappa shape index (κ1) is 21.6. The van der Waals surface area contributed by atoms with Crippen LogP contribution in [-0.4, -0.2) is 14.3 Å². The highest BCUT2D eigenvalue weighted by atomic mass is 32.2. The van der Waals surface area contributed by atoms with Crippen LogP contribution >= 0.6 is 0 Å². The molecule has 3 aromatic carbocycles. The quantitative estimate of drug-likeness (QED) is 0.552. The minimum Gasteiger partial charge on any atom is -0.322 e. The number of carbonyl (C=O) groups is 1. The molecule has 0 aliphatic heterocycles. The highest BCUT2D eigenvalue weighted by molar-refractivity contribution is 7.92. The summed E-state index contributed by atoms with van der Waals surface area (Å²) >= 11 is 0. The molecule has 0 saturated carbocycles. The van der Waals surface area contributed by atoms with Gasteiger partial charge < -0.3 is 5.32 Å². The Kier molecular flexibility index (Phi) is 6.27. The third-order valence-electron chi connectivity index (χ3n) is 4.75. The van der Waals surface area contributed by atoms with Gasteiger partial charge in [-0.1, -0.05) is 44.2 Å². The Labute approximate surface area is 178 Å². The Morgan fingerprint density at radius 1 is 0.867 bits per heavy atom. The van der Waals surface area contributed by atoms with Crippen molar-refractivity contribution in [3.05, 3.63) is 89.0 Å². The number of anilines is 2. The average Bonchev–Trinajstić information content (AvgIpc) is 2.67. The number of aryl methyl sites for hydroxylation is 2. The number of rotatable bonds is 6. The summed E-state index contributed by atoms with van der Waals surface area (Å²) in [5, 5.41) is 2.85. The molecule has 5 nitrogen and oxygen atoms in total. The molecular weight excluding hydrogens is 396 g/mol. The normalized spacial score (nSPS) is 11.4. The van der Waals surface area contributed by atoms with Gasteiger partial charge in [-0.15, -0.1) is 0 Å². The van der Waals surface area contributed by atoms with E-state index in [1.54, 1.807) is 48.5 Å². The minimum atomic E-state index is -3.83. The predicted molar refractivity (Wildman–Crippen MR) is 122 cm³/mol. The molecule has 6 heteroatoms. The van der Waals surface area contributed by atoms with Gasteiger partial charge in [0.1, 0.15) is 0 Å². The molecule has 0 atom stereocenters. The van der Waals surface area contributed by atoms with Crippen LogP contribution < -0.4 is 10.0 Å². The summed E-state index contributed by atoms with van der Waals surface area (Å²) in [6.07, 6.45) is 0. The van der Waals surface area contributed by atoms with Gasteiger partial charge in [0, 0.05) is 5.69 Å². The predicted octanol–water partition coefficient (Wildman–Crippen LogP) is 5.48. The molecule has 0 bridgehead atoms. The van der Waals surface area contributed by atoms with Gasteiger partial charge in [-0.05, 0) is 72.9 Å². The van der Waals surface area contributed by atoms with Crippen LogP contribution in [0.3, 0.4) is 0 Å². The van der Waals surface area contributed by atoms with E-state index in [4.69, 9.17) is 0 Å². The summed E-state index contributed by atoms with van der Waals surface area (Å²) in [4.78, 5) is 13.0. The molecule has 30 heavy (non-hydrogen) atoms. The lowest BCUT2D eigenvalue weighted by Gasteiger charge is -2.14. The SMILES string of the molecule is Cc1cc(C)cc(NC(=O)c2ccccc2NS(=O)(=O)c2ccc(C(C)C)cc2)c1. The molecule has 0 saturated heterocycles. The number of nitrogens with one attached hydrogen (secondary N) is 2. The molecule has 0 aliphatic rings. The number of hydrogen-bond acceptors (Lipinski definition) is 3. The lowest BCUT2D eigenvalue weighted by atomic mass is 10.0. The standard InChI is InChI=1S/C24H26N2O3S/c1-16(2)19-9-11-21(12-10-19)30(28,29)26-23-8-6-5-7-22(23)24(27)25-20-14-17(3)13-18(4)15-20/h5-16,26H,1-4H3,(H,25,27). The molecule has 0 aliphatic carbocycles. The zero-order valence-corrected chi connectivity index (χ0v) is 18.4. The molecule has 3 rings (SSSR count). The highest BCUT2D eigenvalue weighted by Crippen LogP contribution is 2.23. The van der Waals surface area contributed by atoms with Gasteiger partial charge in [0.2, 0.25) is 0 Å². The molecule has 0 heterocycles. The summed E-state index contributed by atoms with van der Waals surface area (Å²) in [5.74, 6) is -0.0714. The fourth-order valence-corrected chi connectivity index (χ4v) is 4.33. The fourth-order valence-electron chi connectivity index (χ4n) is 3.25. The molecule has 1 amide bonds. The van der Waals surface area contributed by atoms with Crippen molar-refractivity contribution in [3.8, 4) is 0 Å². The molecule has 0 aromatic heterocycles. The number of hydrogen-bond donors (Lipinski definition) is 2. The maximum atomic E-state index is 12.9. The van der Waals surface area contributed by atoms with Crippen LogP contribution in [0.2, 0.25) is 0 Å². The van der Waals surface area contributed by atoms with Gasteiger partial charge in [-0.2, -0.15) is 0 Å². The number of carbonyl (C=O) groups excluding carboxylic acids is 1. The third-order valence-corrected chi connectivity index (χ3v) is 6.13. The van der Waals surface area contributed by atoms with Crippen LogP contribution in [0.25, 0.3) is 0 Å². The summed E-state index contributed by atoms with van der Waals surface area (Å²) in [7, 11) is -3.83. The topological polar surface area (TPSA) is 75.3 Å². The first-order valence-corrected chi connectivity index (χ1v) is 11.3. The molecule has 3 aromatic rings. The van der Waals surface area contributed by atoms with E-state index < -0.39 is 10.0 Å². The Balaban J connectivity index is 1.86. The summed E-state index contributed by atoms with van der Waals surface area (Å²) < 4.78 is 28.3. The van der Waals surface area contributed by atoms with Gasteiger partial charge in [-0.3, -0.25) is 9.52 Å². The van der Waals surface area contributed by atoms with Crippen LogP contribution in [0.15, 0.2) is 71.6 Å². The van der Waals surface area contributed by atoms with E-state index in [1.807, 2.05) is 45.9 Å².